The number of rotatable bonds is 4. The van der Waals surface area contributed by atoms with Crippen LogP contribution < -0.4 is 5.56 Å². The number of aromatic nitrogens is 2. The molecule has 0 spiro atoms. The topological polar surface area (TPSA) is 66.0 Å². The molecule has 0 bridgehead atoms. The molecule has 2 aromatic rings. The Bertz CT molecular complexity index is 1160. The van der Waals surface area contributed by atoms with Crippen LogP contribution in [0, 0.1) is 47.3 Å². The number of nitrogens with zero attached hydrogens (tertiary/aromatic N) is 1. The maximum Gasteiger partial charge on any atom is 0.258 e. The number of hydrogen-bond acceptors (Lipinski definition) is 3. The molecular weight excluding hydrogens is 432 g/mol. The van der Waals surface area contributed by atoms with Crippen LogP contribution in [0.4, 0.5) is 0 Å². The fourth-order valence-electron chi connectivity index (χ4n) is 9.77. The van der Waals surface area contributed by atoms with E-state index in [1.165, 1.54) is 57.8 Å². The second-order valence-corrected chi connectivity index (χ2v) is 13.3. The van der Waals surface area contributed by atoms with Gasteiger partial charge in [0.25, 0.3) is 5.56 Å². The maximum absolute atomic E-state index is 12.5. The average molecular weight is 477 g/mol. The maximum atomic E-state index is 12.5. The molecule has 35 heavy (non-hydrogen) atoms. The molecule has 4 nitrogen and oxygen atoms in total. The first kappa shape index (κ1) is 23.7. The van der Waals surface area contributed by atoms with Gasteiger partial charge in [-0.2, -0.15) is 0 Å². The lowest BCUT2D eigenvalue weighted by atomic mass is 9.44. The highest BCUT2D eigenvalue weighted by Gasteiger charge is 2.61. The van der Waals surface area contributed by atoms with Crippen molar-refractivity contribution in [3.8, 4) is 0 Å². The van der Waals surface area contributed by atoms with Crippen molar-refractivity contribution in [2.24, 2.45) is 40.4 Å². The average Bonchev–Trinajstić information content (AvgIpc) is 3.15. The van der Waals surface area contributed by atoms with Crippen LogP contribution in [0.3, 0.4) is 0 Å². The van der Waals surface area contributed by atoms with Gasteiger partial charge in [0.05, 0.1) is 17.0 Å². The van der Waals surface area contributed by atoms with Crippen molar-refractivity contribution in [1.82, 2.24) is 9.97 Å². The number of aryl methyl sites for hydroxylation is 2. The van der Waals surface area contributed by atoms with Gasteiger partial charge in [0.1, 0.15) is 5.82 Å². The zero-order chi connectivity index (χ0) is 24.4. The van der Waals surface area contributed by atoms with Crippen LogP contribution in [-0.4, -0.2) is 21.2 Å². The van der Waals surface area contributed by atoms with Gasteiger partial charge in [-0.15, -0.1) is 0 Å². The molecule has 4 fully saturated rings. The number of aliphatic hydroxyl groups is 1. The molecule has 0 aliphatic heterocycles. The molecule has 4 aliphatic carbocycles. The summed E-state index contributed by atoms with van der Waals surface area (Å²) in [5, 5.41) is 12.1. The second-order valence-electron chi connectivity index (χ2n) is 13.3. The summed E-state index contributed by atoms with van der Waals surface area (Å²) >= 11 is 0. The van der Waals surface area contributed by atoms with Crippen LogP contribution in [0.25, 0.3) is 10.9 Å². The minimum Gasteiger partial charge on any atom is -0.393 e. The van der Waals surface area contributed by atoms with Gasteiger partial charge in [-0.3, -0.25) is 4.79 Å². The molecule has 1 aromatic heterocycles. The monoisotopic (exact) mass is 476 g/mol. The molecule has 7 unspecified atom stereocenters. The molecule has 1 aromatic carbocycles. The van der Waals surface area contributed by atoms with Gasteiger partial charge >= 0.3 is 0 Å². The number of aromatic amines is 1. The van der Waals surface area contributed by atoms with Crippen molar-refractivity contribution >= 4 is 10.9 Å². The van der Waals surface area contributed by atoms with E-state index in [0.29, 0.717) is 28.1 Å². The molecule has 190 valence electrons. The van der Waals surface area contributed by atoms with Crippen molar-refractivity contribution in [1.29, 1.82) is 0 Å². The summed E-state index contributed by atoms with van der Waals surface area (Å²) in [7, 11) is 0. The first-order valence-corrected chi connectivity index (χ1v) is 14.5. The van der Waals surface area contributed by atoms with E-state index >= 15 is 0 Å². The van der Waals surface area contributed by atoms with Crippen LogP contribution in [0.5, 0.6) is 0 Å². The van der Waals surface area contributed by atoms with Crippen molar-refractivity contribution in [2.45, 2.75) is 104 Å². The van der Waals surface area contributed by atoms with E-state index < -0.39 is 0 Å². The van der Waals surface area contributed by atoms with E-state index in [2.05, 4.69) is 18.8 Å². The summed E-state index contributed by atoms with van der Waals surface area (Å²) in [6, 6.07) is 5.87. The van der Waals surface area contributed by atoms with Crippen LogP contribution in [0.15, 0.2) is 23.0 Å². The zero-order valence-electron chi connectivity index (χ0n) is 22.0. The third-order valence-electron chi connectivity index (χ3n) is 11.7. The third-order valence-corrected chi connectivity index (χ3v) is 11.7. The van der Waals surface area contributed by atoms with E-state index in [4.69, 9.17) is 4.98 Å². The van der Waals surface area contributed by atoms with Gasteiger partial charge in [-0.1, -0.05) is 32.8 Å². The van der Waals surface area contributed by atoms with E-state index in [1.807, 2.05) is 25.1 Å². The van der Waals surface area contributed by atoms with E-state index in [9.17, 15) is 9.90 Å². The fourth-order valence-corrected chi connectivity index (χ4v) is 9.77. The van der Waals surface area contributed by atoms with E-state index in [0.717, 1.165) is 53.9 Å². The van der Waals surface area contributed by atoms with Crippen LogP contribution in [-0.2, 0) is 6.42 Å². The summed E-state index contributed by atoms with van der Waals surface area (Å²) in [6.07, 6.45) is 14.8. The van der Waals surface area contributed by atoms with Crippen molar-refractivity contribution in [3.63, 3.8) is 0 Å². The molecule has 6 rings (SSSR count). The Balaban J connectivity index is 1.15. The van der Waals surface area contributed by atoms with Crippen LogP contribution in [0.1, 0.15) is 95.9 Å². The molecule has 0 amide bonds. The van der Waals surface area contributed by atoms with Gasteiger partial charge in [0, 0.05) is 6.42 Å². The number of benzene rings is 1. The van der Waals surface area contributed by atoms with Crippen LogP contribution in [0.2, 0.25) is 0 Å². The number of hydrogen-bond donors (Lipinski definition) is 2. The first-order chi connectivity index (χ1) is 16.8. The standard InChI is InChI=1S/C31H44N2O2/c1-19-10-12-22-25(17-19)32-27(33-29(22)35)9-6-8-20-11-13-23-28-24(14-16-31(20,23)3)30(2)15-5-4-7-21(30)18-26(28)34/h10,12,17,20-21,23-24,26,28,34H,4-9,11,13-16,18H2,1-3H3,(H,32,33,35)/t20-,21?,23?,24?,26?,28?,30?,31?/m0/s1. The predicted molar refractivity (Wildman–Crippen MR) is 141 cm³/mol. The Kier molecular flexibility index (Phi) is 5.90. The highest BCUT2D eigenvalue weighted by Crippen LogP contribution is 2.67. The highest BCUT2D eigenvalue weighted by atomic mass is 16.3. The van der Waals surface area contributed by atoms with Crippen LogP contribution >= 0.6 is 0 Å². The van der Waals surface area contributed by atoms with Gasteiger partial charge in [-0.05, 0) is 123 Å². The molecule has 0 saturated heterocycles. The lowest BCUT2D eigenvalue weighted by Crippen LogP contribution is -2.57. The molecule has 4 heteroatoms. The molecular formula is C31H44N2O2. The van der Waals surface area contributed by atoms with Crippen molar-refractivity contribution < 1.29 is 5.11 Å². The Morgan fingerprint density at radius 2 is 1.89 bits per heavy atom. The summed E-state index contributed by atoms with van der Waals surface area (Å²) in [5.41, 5.74) is 2.77. The van der Waals surface area contributed by atoms with Gasteiger partial charge in [0.2, 0.25) is 0 Å². The molecule has 1 heterocycles. The highest BCUT2D eigenvalue weighted by molar-refractivity contribution is 5.78. The molecule has 2 N–H and O–H groups in total. The minimum atomic E-state index is -0.0881. The fraction of sp³-hybridized carbons (Fsp3) is 0.742. The molecule has 4 saturated carbocycles. The van der Waals surface area contributed by atoms with Crippen molar-refractivity contribution in [2.75, 3.05) is 0 Å². The number of fused-ring (bicyclic) bond motifs is 6. The van der Waals surface area contributed by atoms with Gasteiger partial charge in [-0.25, -0.2) is 4.98 Å². The number of aliphatic hydroxyl groups excluding tert-OH is 1. The van der Waals surface area contributed by atoms with Gasteiger partial charge in [0.15, 0.2) is 0 Å². The lowest BCUT2D eigenvalue weighted by Gasteiger charge is -2.62. The quantitative estimate of drug-likeness (QED) is 0.524. The predicted octanol–water partition coefficient (Wildman–Crippen LogP) is 6.57. The van der Waals surface area contributed by atoms with E-state index in [-0.39, 0.29) is 11.7 Å². The van der Waals surface area contributed by atoms with E-state index in [1.54, 1.807) is 0 Å². The normalized spacial score (nSPS) is 40.8. The molecule has 0 radical (unpaired) electrons. The third kappa shape index (κ3) is 3.81. The summed E-state index contributed by atoms with van der Waals surface area (Å²) in [5.74, 6) is 4.22. The summed E-state index contributed by atoms with van der Waals surface area (Å²) in [6.45, 7) is 7.20. The zero-order valence-corrected chi connectivity index (χ0v) is 22.0. The minimum absolute atomic E-state index is 0.0167. The van der Waals surface area contributed by atoms with Gasteiger partial charge < -0.3 is 10.1 Å². The first-order valence-electron chi connectivity index (χ1n) is 14.5. The number of nitrogens with one attached hydrogen (secondary N) is 1. The van der Waals surface area contributed by atoms with Crippen molar-refractivity contribution in [3.05, 3.63) is 39.9 Å². The lowest BCUT2D eigenvalue weighted by molar-refractivity contribution is -0.162. The summed E-state index contributed by atoms with van der Waals surface area (Å²) < 4.78 is 0. The second kappa shape index (κ2) is 8.71. The number of H-pyrrole nitrogens is 1. The Morgan fingerprint density at radius 1 is 1.06 bits per heavy atom. The largest absolute Gasteiger partial charge is 0.393 e. The molecule has 4 aliphatic rings. The smallest absolute Gasteiger partial charge is 0.258 e. The SMILES string of the molecule is Cc1ccc2c(=O)[nH]c(CCC[C@H]3CCC4C5C(O)CC6CCCCC6(C)C5CCC43C)nc2c1. The Morgan fingerprint density at radius 3 is 2.74 bits per heavy atom. The Hall–Kier alpha value is -1.68. The summed E-state index contributed by atoms with van der Waals surface area (Å²) in [4.78, 5) is 20.4. The Labute approximate surface area is 210 Å². The molecule has 8 atom stereocenters.